The molecule has 0 aliphatic rings. The maximum absolute atomic E-state index is 10.3. The number of nitrogen functional groups attached to an aromatic ring is 1. The third-order valence-corrected chi connectivity index (χ3v) is 2.80. The van der Waals surface area contributed by atoms with Crippen LogP contribution in [0.15, 0.2) is 48.5 Å². The van der Waals surface area contributed by atoms with E-state index < -0.39 is 6.10 Å². The van der Waals surface area contributed by atoms with Crippen LogP contribution in [0.1, 0.15) is 24.2 Å². The number of aliphatic hydroxyl groups is 1. The Kier molecular flexibility index (Phi) is 3.85. The molecule has 0 fully saturated rings. The third kappa shape index (κ3) is 2.63. The molecular formula is C15H17NO2. The van der Waals surface area contributed by atoms with Crippen molar-refractivity contribution in [2.75, 3.05) is 12.3 Å². The lowest BCUT2D eigenvalue weighted by atomic mass is 10.00. The third-order valence-electron chi connectivity index (χ3n) is 2.80. The normalized spacial score (nSPS) is 12.1. The molecule has 1 unspecified atom stereocenters. The molecular weight excluding hydrogens is 226 g/mol. The molecule has 2 aromatic carbocycles. The first kappa shape index (κ1) is 12.5. The SMILES string of the molecule is CCOc1ccc(C(O)c2ccccc2N)cc1. The van der Waals surface area contributed by atoms with Gasteiger partial charge in [0.25, 0.3) is 0 Å². The zero-order valence-electron chi connectivity index (χ0n) is 10.3. The highest BCUT2D eigenvalue weighted by atomic mass is 16.5. The second-order valence-electron chi connectivity index (χ2n) is 4.03. The van der Waals surface area contributed by atoms with Crippen LogP contribution in [0.4, 0.5) is 5.69 Å². The molecule has 0 heterocycles. The van der Waals surface area contributed by atoms with Crippen molar-refractivity contribution < 1.29 is 9.84 Å². The molecule has 1 atom stereocenters. The fraction of sp³-hybridized carbons (Fsp3) is 0.200. The van der Waals surface area contributed by atoms with Crippen LogP contribution in [0.2, 0.25) is 0 Å². The van der Waals surface area contributed by atoms with Gasteiger partial charge in [-0.1, -0.05) is 30.3 Å². The number of hydrogen-bond donors (Lipinski definition) is 2. The van der Waals surface area contributed by atoms with Crippen LogP contribution < -0.4 is 10.5 Å². The fourth-order valence-corrected chi connectivity index (χ4v) is 1.85. The summed E-state index contributed by atoms with van der Waals surface area (Å²) in [6.07, 6.45) is -0.707. The Balaban J connectivity index is 2.23. The van der Waals surface area contributed by atoms with Gasteiger partial charge < -0.3 is 15.6 Å². The predicted molar refractivity (Wildman–Crippen MR) is 72.5 cm³/mol. The minimum Gasteiger partial charge on any atom is -0.494 e. The summed E-state index contributed by atoms with van der Waals surface area (Å²) >= 11 is 0. The van der Waals surface area contributed by atoms with E-state index >= 15 is 0 Å². The van der Waals surface area contributed by atoms with Gasteiger partial charge in [0.2, 0.25) is 0 Å². The van der Waals surface area contributed by atoms with Gasteiger partial charge >= 0.3 is 0 Å². The van der Waals surface area contributed by atoms with Crippen molar-refractivity contribution >= 4 is 5.69 Å². The van der Waals surface area contributed by atoms with Gasteiger partial charge in [-0.3, -0.25) is 0 Å². The van der Waals surface area contributed by atoms with Crippen molar-refractivity contribution in [1.29, 1.82) is 0 Å². The summed E-state index contributed by atoms with van der Waals surface area (Å²) in [6.45, 7) is 2.57. The molecule has 2 aromatic rings. The molecule has 3 nitrogen and oxygen atoms in total. The summed E-state index contributed by atoms with van der Waals surface area (Å²) in [5, 5.41) is 10.3. The van der Waals surface area contributed by atoms with E-state index in [0.29, 0.717) is 12.3 Å². The summed E-state index contributed by atoms with van der Waals surface area (Å²) in [6, 6.07) is 14.7. The van der Waals surface area contributed by atoms with E-state index in [-0.39, 0.29) is 0 Å². The lowest BCUT2D eigenvalue weighted by molar-refractivity contribution is 0.221. The lowest BCUT2D eigenvalue weighted by Gasteiger charge is -2.14. The number of aliphatic hydroxyl groups excluding tert-OH is 1. The topological polar surface area (TPSA) is 55.5 Å². The first-order valence-corrected chi connectivity index (χ1v) is 5.97. The second kappa shape index (κ2) is 5.56. The zero-order valence-corrected chi connectivity index (χ0v) is 10.3. The maximum Gasteiger partial charge on any atom is 0.119 e. The minimum atomic E-state index is -0.707. The van der Waals surface area contributed by atoms with Crippen molar-refractivity contribution in [2.24, 2.45) is 0 Å². The molecule has 0 bridgehead atoms. The smallest absolute Gasteiger partial charge is 0.119 e. The van der Waals surface area contributed by atoms with Gasteiger partial charge in [-0.25, -0.2) is 0 Å². The number of benzene rings is 2. The van der Waals surface area contributed by atoms with Crippen molar-refractivity contribution in [1.82, 2.24) is 0 Å². The largest absolute Gasteiger partial charge is 0.494 e. The van der Waals surface area contributed by atoms with Crippen LogP contribution in [-0.4, -0.2) is 11.7 Å². The standard InChI is InChI=1S/C15H17NO2/c1-2-18-12-9-7-11(8-10-12)15(17)13-5-3-4-6-14(13)16/h3-10,15,17H,2,16H2,1H3. The molecule has 0 spiro atoms. The highest BCUT2D eigenvalue weighted by Gasteiger charge is 2.12. The molecule has 18 heavy (non-hydrogen) atoms. The Morgan fingerprint density at radius 2 is 1.78 bits per heavy atom. The number of nitrogens with two attached hydrogens (primary N) is 1. The quantitative estimate of drug-likeness (QED) is 0.812. The molecule has 0 aliphatic carbocycles. The van der Waals surface area contributed by atoms with Crippen molar-refractivity contribution in [3.05, 3.63) is 59.7 Å². The van der Waals surface area contributed by atoms with E-state index in [1.165, 1.54) is 0 Å². The second-order valence-corrected chi connectivity index (χ2v) is 4.03. The van der Waals surface area contributed by atoms with Gasteiger partial charge in [0.1, 0.15) is 11.9 Å². The molecule has 0 saturated carbocycles. The first-order chi connectivity index (χ1) is 8.72. The number of para-hydroxylation sites is 1. The van der Waals surface area contributed by atoms with E-state index in [9.17, 15) is 5.11 Å². The van der Waals surface area contributed by atoms with Crippen LogP contribution in [0.25, 0.3) is 0 Å². The van der Waals surface area contributed by atoms with Crippen LogP contribution >= 0.6 is 0 Å². The summed E-state index contributed by atoms with van der Waals surface area (Å²) in [4.78, 5) is 0. The van der Waals surface area contributed by atoms with Crippen molar-refractivity contribution in [3.63, 3.8) is 0 Å². The molecule has 94 valence electrons. The minimum absolute atomic E-state index is 0.596. The number of anilines is 1. The van der Waals surface area contributed by atoms with Gasteiger partial charge in [0, 0.05) is 11.3 Å². The van der Waals surface area contributed by atoms with Gasteiger partial charge in [-0.2, -0.15) is 0 Å². The molecule has 0 aliphatic heterocycles. The van der Waals surface area contributed by atoms with Crippen molar-refractivity contribution in [2.45, 2.75) is 13.0 Å². The van der Waals surface area contributed by atoms with Crippen LogP contribution in [0.5, 0.6) is 5.75 Å². The van der Waals surface area contributed by atoms with Crippen LogP contribution in [-0.2, 0) is 0 Å². The van der Waals surface area contributed by atoms with E-state index in [2.05, 4.69) is 0 Å². The highest BCUT2D eigenvalue weighted by Crippen LogP contribution is 2.27. The maximum atomic E-state index is 10.3. The number of ether oxygens (including phenoxy) is 1. The van der Waals surface area contributed by atoms with Crippen molar-refractivity contribution in [3.8, 4) is 5.75 Å². The fourth-order valence-electron chi connectivity index (χ4n) is 1.85. The molecule has 0 saturated heterocycles. The summed E-state index contributed by atoms with van der Waals surface area (Å²) in [5.74, 6) is 0.800. The number of hydrogen-bond acceptors (Lipinski definition) is 3. The monoisotopic (exact) mass is 243 g/mol. The Hall–Kier alpha value is -2.00. The van der Waals surface area contributed by atoms with E-state index in [1.807, 2.05) is 49.4 Å². The zero-order chi connectivity index (χ0) is 13.0. The van der Waals surface area contributed by atoms with E-state index in [1.54, 1.807) is 6.07 Å². The Bertz CT molecular complexity index is 508. The Morgan fingerprint density at radius 3 is 2.39 bits per heavy atom. The Labute approximate surface area is 107 Å². The van der Waals surface area contributed by atoms with E-state index in [0.717, 1.165) is 16.9 Å². The molecule has 3 N–H and O–H groups in total. The summed E-state index contributed by atoms with van der Waals surface area (Å²) in [5.41, 5.74) is 7.97. The van der Waals surface area contributed by atoms with Crippen LogP contribution in [0, 0.1) is 0 Å². The molecule has 0 aromatic heterocycles. The van der Waals surface area contributed by atoms with E-state index in [4.69, 9.17) is 10.5 Å². The average Bonchev–Trinajstić information content (AvgIpc) is 2.40. The molecule has 3 heteroatoms. The molecule has 2 rings (SSSR count). The number of rotatable bonds is 4. The summed E-state index contributed by atoms with van der Waals surface area (Å²) in [7, 11) is 0. The highest BCUT2D eigenvalue weighted by molar-refractivity contribution is 5.50. The van der Waals surface area contributed by atoms with Gasteiger partial charge in [-0.05, 0) is 30.7 Å². The predicted octanol–water partition coefficient (Wildman–Crippen LogP) is 2.75. The summed E-state index contributed by atoms with van der Waals surface area (Å²) < 4.78 is 5.36. The van der Waals surface area contributed by atoms with Gasteiger partial charge in [0.05, 0.1) is 6.61 Å². The lowest BCUT2D eigenvalue weighted by Crippen LogP contribution is -2.03. The molecule has 0 amide bonds. The first-order valence-electron chi connectivity index (χ1n) is 5.97. The Morgan fingerprint density at radius 1 is 1.11 bits per heavy atom. The molecule has 0 radical (unpaired) electrons. The van der Waals surface area contributed by atoms with Crippen LogP contribution in [0.3, 0.4) is 0 Å². The van der Waals surface area contributed by atoms with Gasteiger partial charge in [0.15, 0.2) is 0 Å². The van der Waals surface area contributed by atoms with Gasteiger partial charge in [-0.15, -0.1) is 0 Å². The average molecular weight is 243 g/mol.